The van der Waals surface area contributed by atoms with Crippen molar-refractivity contribution < 1.29 is 13.9 Å². The lowest BCUT2D eigenvalue weighted by Crippen LogP contribution is -2.17. The third-order valence-electron chi connectivity index (χ3n) is 3.23. The molecule has 0 bridgehead atoms. The fourth-order valence-corrected chi connectivity index (χ4v) is 2.51. The molecule has 5 heteroatoms. The summed E-state index contributed by atoms with van der Waals surface area (Å²) in [5.74, 6) is 1.08. The number of hydrogen-bond donors (Lipinski definition) is 1. The van der Waals surface area contributed by atoms with Crippen LogP contribution in [0.3, 0.4) is 0 Å². The Hall–Kier alpha value is -1.78. The highest BCUT2D eigenvalue weighted by Gasteiger charge is 2.16. The summed E-state index contributed by atoms with van der Waals surface area (Å²) >= 11 is 6.19. The van der Waals surface area contributed by atoms with Crippen LogP contribution in [0.15, 0.2) is 36.4 Å². The quantitative estimate of drug-likeness (QED) is 0.937. The van der Waals surface area contributed by atoms with E-state index in [-0.39, 0.29) is 5.82 Å². The Kier molecular flexibility index (Phi) is 4.27. The summed E-state index contributed by atoms with van der Waals surface area (Å²) < 4.78 is 23.8. The van der Waals surface area contributed by atoms with Gasteiger partial charge in [0, 0.05) is 13.1 Å². The highest BCUT2D eigenvalue weighted by molar-refractivity contribution is 6.32. The van der Waals surface area contributed by atoms with E-state index in [4.69, 9.17) is 21.1 Å². The molecule has 0 fully saturated rings. The third-order valence-corrected chi connectivity index (χ3v) is 3.51. The van der Waals surface area contributed by atoms with E-state index in [1.54, 1.807) is 12.1 Å². The van der Waals surface area contributed by atoms with Gasteiger partial charge >= 0.3 is 0 Å². The van der Waals surface area contributed by atoms with E-state index in [2.05, 4.69) is 5.32 Å². The maximum Gasteiger partial charge on any atom is 0.179 e. The predicted molar refractivity (Wildman–Crippen MR) is 79.4 cm³/mol. The summed E-state index contributed by atoms with van der Waals surface area (Å²) in [4.78, 5) is 0. The molecule has 0 amide bonds. The van der Waals surface area contributed by atoms with Crippen molar-refractivity contribution in [2.24, 2.45) is 0 Å². The molecular formula is C16H15ClFNO2. The minimum absolute atomic E-state index is 0.225. The van der Waals surface area contributed by atoms with E-state index >= 15 is 0 Å². The first kappa shape index (κ1) is 14.2. The minimum Gasteiger partial charge on any atom is -0.486 e. The lowest BCUT2D eigenvalue weighted by Gasteiger charge is -2.20. The molecule has 1 N–H and O–H groups in total. The second kappa shape index (κ2) is 6.33. The summed E-state index contributed by atoms with van der Waals surface area (Å²) in [5.41, 5.74) is 2.05. The number of hydrogen-bond acceptors (Lipinski definition) is 3. The Labute approximate surface area is 127 Å². The van der Waals surface area contributed by atoms with Crippen LogP contribution in [0.2, 0.25) is 5.02 Å². The molecular weight excluding hydrogens is 293 g/mol. The second-order valence-electron chi connectivity index (χ2n) is 4.83. The first-order chi connectivity index (χ1) is 10.2. The van der Waals surface area contributed by atoms with Crippen molar-refractivity contribution in [1.82, 2.24) is 5.32 Å². The highest BCUT2D eigenvalue weighted by atomic mass is 35.5. The highest BCUT2D eigenvalue weighted by Crippen LogP contribution is 2.38. The Morgan fingerprint density at radius 2 is 1.71 bits per heavy atom. The summed E-state index contributed by atoms with van der Waals surface area (Å²) in [7, 11) is 0. The maximum atomic E-state index is 12.8. The van der Waals surface area contributed by atoms with Gasteiger partial charge in [0.2, 0.25) is 0 Å². The summed E-state index contributed by atoms with van der Waals surface area (Å²) in [6.45, 7) is 2.37. The van der Waals surface area contributed by atoms with Gasteiger partial charge in [-0.2, -0.15) is 0 Å². The van der Waals surface area contributed by atoms with E-state index in [0.717, 1.165) is 11.1 Å². The molecule has 21 heavy (non-hydrogen) atoms. The van der Waals surface area contributed by atoms with Crippen LogP contribution in [-0.4, -0.2) is 13.2 Å². The lowest BCUT2D eigenvalue weighted by atomic mass is 10.1. The molecule has 0 aliphatic carbocycles. The van der Waals surface area contributed by atoms with Gasteiger partial charge in [-0.1, -0.05) is 23.7 Å². The lowest BCUT2D eigenvalue weighted by molar-refractivity contribution is 0.171. The fraction of sp³-hybridized carbons (Fsp3) is 0.250. The van der Waals surface area contributed by atoms with Crippen LogP contribution in [-0.2, 0) is 13.1 Å². The Morgan fingerprint density at radius 1 is 1.00 bits per heavy atom. The molecule has 1 aliphatic rings. The van der Waals surface area contributed by atoms with Gasteiger partial charge in [0.1, 0.15) is 19.0 Å². The third kappa shape index (κ3) is 3.46. The van der Waals surface area contributed by atoms with E-state index in [1.807, 2.05) is 12.1 Å². The van der Waals surface area contributed by atoms with Gasteiger partial charge in [0.25, 0.3) is 0 Å². The van der Waals surface area contributed by atoms with Crippen molar-refractivity contribution in [3.8, 4) is 11.5 Å². The predicted octanol–water partition coefficient (Wildman–Crippen LogP) is 3.54. The zero-order valence-corrected chi connectivity index (χ0v) is 12.1. The molecule has 110 valence electrons. The van der Waals surface area contributed by atoms with Gasteiger partial charge < -0.3 is 14.8 Å². The van der Waals surface area contributed by atoms with Crippen LogP contribution in [0.5, 0.6) is 11.5 Å². The number of halogens is 2. The van der Waals surface area contributed by atoms with Crippen molar-refractivity contribution in [3.63, 3.8) is 0 Å². The van der Waals surface area contributed by atoms with Gasteiger partial charge in [0.15, 0.2) is 11.5 Å². The monoisotopic (exact) mass is 307 g/mol. The van der Waals surface area contributed by atoms with E-state index in [9.17, 15) is 4.39 Å². The number of nitrogens with one attached hydrogen (secondary N) is 1. The van der Waals surface area contributed by atoms with Crippen LogP contribution in [0, 0.1) is 5.82 Å². The smallest absolute Gasteiger partial charge is 0.179 e. The SMILES string of the molecule is Fc1ccc(CNCc2cc(Cl)c3c(c2)OCCO3)cc1. The molecule has 2 aromatic carbocycles. The van der Waals surface area contributed by atoms with Gasteiger partial charge in [-0.25, -0.2) is 4.39 Å². The minimum atomic E-state index is -0.225. The first-order valence-electron chi connectivity index (χ1n) is 6.75. The van der Waals surface area contributed by atoms with E-state index in [0.29, 0.717) is 42.8 Å². The molecule has 1 aliphatic heterocycles. The van der Waals surface area contributed by atoms with Gasteiger partial charge in [0.05, 0.1) is 5.02 Å². The molecule has 0 aromatic heterocycles. The molecule has 0 radical (unpaired) electrons. The molecule has 0 saturated heterocycles. The van der Waals surface area contributed by atoms with Gasteiger partial charge in [-0.3, -0.25) is 0 Å². The van der Waals surface area contributed by atoms with Crippen LogP contribution in [0.1, 0.15) is 11.1 Å². The van der Waals surface area contributed by atoms with E-state index in [1.165, 1.54) is 12.1 Å². The molecule has 0 unspecified atom stereocenters. The second-order valence-corrected chi connectivity index (χ2v) is 5.24. The Bertz CT molecular complexity index is 631. The molecule has 0 saturated carbocycles. The van der Waals surface area contributed by atoms with Crippen molar-refractivity contribution in [3.05, 3.63) is 58.4 Å². The fourth-order valence-electron chi connectivity index (χ4n) is 2.22. The number of fused-ring (bicyclic) bond motifs is 1. The van der Waals surface area contributed by atoms with Crippen molar-refractivity contribution in [2.75, 3.05) is 13.2 Å². The molecule has 0 atom stereocenters. The standard InChI is InChI=1S/C16H15ClFNO2/c17-14-7-12(8-15-16(14)21-6-5-20-15)10-19-9-11-1-3-13(18)4-2-11/h1-4,7-8,19H,5-6,9-10H2. The topological polar surface area (TPSA) is 30.5 Å². The molecule has 0 spiro atoms. The molecule has 3 nitrogen and oxygen atoms in total. The first-order valence-corrected chi connectivity index (χ1v) is 7.13. The zero-order chi connectivity index (χ0) is 14.7. The Balaban J connectivity index is 1.63. The summed E-state index contributed by atoms with van der Waals surface area (Å²) in [6.07, 6.45) is 0. The van der Waals surface area contributed by atoms with Crippen LogP contribution in [0.4, 0.5) is 4.39 Å². The van der Waals surface area contributed by atoms with E-state index < -0.39 is 0 Å². The molecule has 3 rings (SSSR count). The van der Waals surface area contributed by atoms with Gasteiger partial charge in [-0.05, 0) is 35.4 Å². The van der Waals surface area contributed by atoms with Crippen molar-refractivity contribution in [1.29, 1.82) is 0 Å². The van der Waals surface area contributed by atoms with Gasteiger partial charge in [-0.15, -0.1) is 0 Å². The normalized spacial score (nSPS) is 13.2. The number of benzene rings is 2. The largest absolute Gasteiger partial charge is 0.486 e. The average Bonchev–Trinajstić information content (AvgIpc) is 2.49. The Morgan fingerprint density at radius 3 is 2.52 bits per heavy atom. The zero-order valence-electron chi connectivity index (χ0n) is 11.4. The van der Waals surface area contributed by atoms with Crippen LogP contribution < -0.4 is 14.8 Å². The summed E-state index contributed by atoms with van der Waals surface area (Å²) in [5, 5.41) is 3.85. The van der Waals surface area contributed by atoms with Crippen molar-refractivity contribution >= 4 is 11.6 Å². The molecule has 1 heterocycles. The number of rotatable bonds is 4. The molecule has 2 aromatic rings. The summed E-state index contributed by atoms with van der Waals surface area (Å²) in [6, 6.07) is 10.2. The van der Waals surface area contributed by atoms with Crippen LogP contribution in [0.25, 0.3) is 0 Å². The number of ether oxygens (including phenoxy) is 2. The average molecular weight is 308 g/mol. The maximum absolute atomic E-state index is 12.8. The van der Waals surface area contributed by atoms with Crippen LogP contribution >= 0.6 is 11.6 Å². The van der Waals surface area contributed by atoms with Crippen molar-refractivity contribution in [2.45, 2.75) is 13.1 Å².